The summed E-state index contributed by atoms with van der Waals surface area (Å²) >= 11 is 6.04. The molecule has 3 rings (SSSR count). The van der Waals surface area contributed by atoms with Crippen LogP contribution in [0.25, 0.3) is 5.69 Å². The molecular formula is C19H20ClN5O3S. The summed E-state index contributed by atoms with van der Waals surface area (Å²) in [6, 6.07) is 9.78. The van der Waals surface area contributed by atoms with Crippen molar-refractivity contribution in [1.82, 2.24) is 19.1 Å². The summed E-state index contributed by atoms with van der Waals surface area (Å²) in [4.78, 5) is 16.6. The minimum atomic E-state index is -3.81. The molecule has 1 heterocycles. The molecule has 1 aromatic heterocycles. The summed E-state index contributed by atoms with van der Waals surface area (Å²) in [6.45, 7) is 3.38. The first kappa shape index (κ1) is 21.0. The quantitative estimate of drug-likeness (QED) is 0.644. The molecule has 152 valence electrons. The van der Waals surface area contributed by atoms with Gasteiger partial charge < -0.3 is 5.32 Å². The third kappa shape index (κ3) is 4.64. The first-order chi connectivity index (χ1) is 13.7. The maximum absolute atomic E-state index is 12.8. The second-order valence-electron chi connectivity index (χ2n) is 6.56. The third-order valence-corrected chi connectivity index (χ3v) is 6.49. The van der Waals surface area contributed by atoms with Crippen molar-refractivity contribution < 1.29 is 13.2 Å². The number of aryl methyl sites for hydroxylation is 2. The second kappa shape index (κ2) is 8.32. The monoisotopic (exact) mass is 433 g/mol. The van der Waals surface area contributed by atoms with Gasteiger partial charge in [-0.15, -0.1) is 0 Å². The van der Waals surface area contributed by atoms with Crippen molar-refractivity contribution in [1.29, 1.82) is 0 Å². The molecule has 3 aromatic rings. The highest BCUT2D eigenvalue weighted by molar-refractivity contribution is 7.89. The standard InChI is InChI=1S/C19H20ClN5O3S/c1-13-4-6-16(8-14(13)2)29(27,28)24(3)10-19(26)23-17-9-15(20)5-7-18(17)25-12-21-11-22-25/h4-9,11-12H,10H2,1-3H3,(H,23,26). The zero-order valence-electron chi connectivity index (χ0n) is 16.1. The Morgan fingerprint density at radius 1 is 1.17 bits per heavy atom. The number of sulfonamides is 1. The van der Waals surface area contributed by atoms with Crippen molar-refractivity contribution in [3.63, 3.8) is 0 Å². The van der Waals surface area contributed by atoms with Crippen molar-refractivity contribution in [3.8, 4) is 5.69 Å². The highest BCUT2D eigenvalue weighted by atomic mass is 35.5. The first-order valence-electron chi connectivity index (χ1n) is 8.66. The van der Waals surface area contributed by atoms with Crippen LogP contribution in [0.1, 0.15) is 11.1 Å². The van der Waals surface area contributed by atoms with E-state index in [9.17, 15) is 13.2 Å². The van der Waals surface area contributed by atoms with Crippen LogP contribution in [-0.4, -0.2) is 47.0 Å². The van der Waals surface area contributed by atoms with Crippen LogP contribution in [0.5, 0.6) is 0 Å². The Labute approximate surface area is 174 Å². The highest BCUT2D eigenvalue weighted by Gasteiger charge is 2.24. The molecule has 0 saturated carbocycles. The summed E-state index contributed by atoms with van der Waals surface area (Å²) in [7, 11) is -2.45. The van der Waals surface area contributed by atoms with Crippen LogP contribution in [0, 0.1) is 13.8 Å². The van der Waals surface area contributed by atoms with E-state index >= 15 is 0 Å². The van der Waals surface area contributed by atoms with Gasteiger partial charge in [-0.3, -0.25) is 4.79 Å². The second-order valence-corrected chi connectivity index (χ2v) is 9.04. The van der Waals surface area contributed by atoms with E-state index in [0.717, 1.165) is 15.4 Å². The summed E-state index contributed by atoms with van der Waals surface area (Å²) in [5.74, 6) is -0.511. The molecule has 0 spiro atoms. The van der Waals surface area contributed by atoms with Crippen LogP contribution in [-0.2, 0) is 14.8 Å². The molecule has 0 aliphatic rings. The van der Waals surface area contributed by atoms with Gasteiger partial charge in [0.15, 0.2) is 0 Å². The van der Waals surface area contributed by atoms with E-state index in [0.29, 0.717) is 16.4 Å². The lowest BCUT2D eigenvalue weighted by molar-refractivity contribution is -0.116. The first-order valence-corrected chi connectivity index (χ1v) is 10.5. The summed E-state index contributed by atoms with van der Waals surface area (Å²) in [5, 5.41) is 7.16. The number of benzene rings is 2. The maximum atomic E-state index is 12.8. The molecule has 29 heavy (non-hydrogen) atoms. The van der Waals surface area contributed by atoms with Crippen molar-refractivity contribution in [2.75, 3.05) is 18.9 Å². The fourth-order valence-electron chi connectivity index (χ4n) is 2.67. The maximum Gasteiger partial charge on any atom is 0.243 e. The number of hydrogen-bond acceptors (Lipinski definition) is 5. The zero-order chi connectivity index (χ0) is 21.2. The fraction of sp³-hybridized carbons (Fsp3) is 0.211. The number of carbonyl (C=O) groups excluding carboxylic acids is 1. The molecule has 8 nitrogen and oxygen atoms in total. The molecule has 0 fully saturated rings. The zero-order valence-corrected chi connectivity index (χ0v) is 17.7. The number of carbonyl (C=O) groups is 1. The predicted octanol–water partition coefficient (Wildman–Crippen LogP) is 2.80. The Balaban J connectivity index is 1.79. The molecule has 0 unspecified atom stereocenters. The van der Waals surface area contributed by atoms with Crippen molar-refractivity contribution in [2.45, 2.75) is 18.7 Å². The van der Waals surface area contributed by atoms with Gasteiger partial charge in [-0.2, -0.15) is 9.40 Å². The van der Waals surface area contributed by atoms with Crippen molar-refractivity contribution in [2.24, 2.45) is 0 Å². The molecule has 2 aromatic carbocycles. The van der Waals surface area contributed by atoms with Crippen LogP contribution in [0.3, 0.4) is 0 Å². The van der Waals surface area contributed by atoms with Gasteiger partial charge in [-0.1, -0.05) is 17.7 Å². The average molecular weight is 434 g/mol. The van der Waals surface area contributed by atoms with Gasteiger partial charge in [0.2, 0.25) is 15.9 Å². The average Bonchev–Trinajstić information content (AvgIpc) is 3.18. The van der Waals surface area contributed by atoms with Crippen LogP contribution in [0.2, 0.25) is 5.02 Å². The van der Waals surface area contributed by atoms with Gasteiger partial charge in [0.1, 0.15) is 12.7 Å². The van der Waals surface area contributed by atoms with Crippen LogP contribution < -0.4 is 5.32 Å². The summed E-state index contributed by atoms with van der Waals surface area (Å²) < 4.78 is 28.1. The Morgan fingerprint density at radius 2 is 1.93 bits per heavy atom. The van der Waals surface area contributed by atoms with E-state index < -0.39 is 15.9 Å². The van der Waals surface area contributed by atoms with Gasteiger partial charge in [0.25, 0.3) is 0 Å². The van der Waals surface area contributed by atoms with Crippen molar-refractivity contribution >= 4 is 33.2 Å². The SMILES string of the molecule is Cc1ccc(S(=O)(=O)N(C)CC(=O)Nc2cc(Cl)ccc2-n2cncn2)cc1C. The molecule has 0 atom stereocenters. The third-order valence-electron chi connectivity index (χ3n) is 4.45. The number of amides is 1. The normalized spacial score (nSPS) is 11.6. The minimum Gasteiger partial charge on any atom is -0.323 e. The van der Waals surface area contributed by atoms with Gasteiger partial charge in [-0.25, -0.2) is 18.1 Å². The number of hydrogen-bond donors (Lipinski definition) is 1. The summed E-state index contributed by atoms with van der Waals surface area (Å²) in [6.07, 6.45) is 2.85. The predicted molar refractivity (Wildman–Crippen MR) is 111 cm³/mol. The number of nitrogens with one attached hydrogen (secondary N) is 1. The van der Waals surface area contributed by atoms with E-state index in [2.05, 4.69) is 15.4 Å². The Bertz CT molecular complexity index is 1150. The highest BCUT2D eigenvalue weighted by Crippen LogP contribution is 2.24. The lowest BCUT2D eigenvalue weighted by Crippen LogP contribution is -2.35. The van der Waals surface area contributed by atoms with E-state index in [1.165, 1.54) is 30.5 Å². The number of nitrogens with zero attached hydrogens (tertiary/aromatic N) is 4. The van der Waals surface area contributed by atoms with E-state index in [1.807, 2.05) is 13.8 Å². The fourth-order valence-corrected chi connectivity index (χ4v) is 4.06. The molecule has 1 amide bonds. The van der Waals surface area contributed by atoms with Crippen LogP contribution >= 0.6 is 11.6 Å². The topological polar surface area (TPSA) is 97.2 Å². The number of halogens is 1. The molecular weight excluding hydrogens is 414 g/mol. The van der Waals surface area contributed by atoms with Crippen LogP contribution in [0.4, 0.5) is 5.69 Å². The largest absolute Gasteiger partial charge is 0.323 e. The molecule has 1 N–H and O–H groups in total. The Kier molecular flexibility index (Phi) is 6.02. The number of aromatic nitrogens is 3. The smallest absolute Gasteiger partial charge is 0.243 e. The van der Waals surface area contributed by atoms with E-state index in [-0.39, 0.29) is 11.4 Å². The van der Waals surface area contributed by atoms with Crippen LogP contribution in [0.15, 0.2) is 53.9 Å². The Morgan fingerprint density at radius 3 is 2.59 bits per heavy atom. The van der Waals surface area contributed by atoms with E-state index in [4.69, 9.17) is 11.6 Å². The number of likely N-dealkylation sites (N-methyl/N-ethyl adjacent to an activating group) is 1. The molecule has 0 aliphatic heterocycles. The molecule has 0 saturated heterocycles. The number of rotatable bonds is 6. The minimum absolute atomic E-state index is 0.141. The van der Waals surface area contributed by atoms with Gasteiger partial charge >= 0.3 is 0 Å². The van der Waals surface area contributed by atoms with E-state index in [1.54, 1.807) is 30.3 Å². The lowest BCUT2D eigenvalue weighted by atomic mass is 10.1. The van der Waals surface area contributed by atoms with Crippen molar-refractivity contribution in [3.05, 3.63) is 65.2 Å². The summed E-state index contributed by atoms with van der Waals surface area (Å²) in [5.41, 5.74) is 2.80. The van der Waals surface area contributed by atoms with Gasteiger partial charge in [0, 0.05) is 12.1 Å². The number of anilines is 1. The molecule has 0 aliphatic carbocycles. The molecule has 10 heteroatoms. The van der Waals surface area contributed by atoms with Gasteiger partial charge in [-0.05, 0) is 55.3 Å². The molecule has 0 bridgehead atoms. The Hall–Kier alpha value is -2.75. The lowest BCUT2D eigenvalue weighted by Gasteiger charge is -2.18. The molecule has 0 radical (unpaired) electrons. The van der Waals surface area contributed by atoms with Gasteiger partial charge in [0.05, 0.1) is 22.8 Å².